The van der Waals surface area contributed by atoms with Crippen LogP contribution in [0, 0.1) is 0 Å². The summed E-state index contributed by atoms with van der Waals surface area (Å²) in [5.74, 6) is 0. The van der Waals surface area contributed by atoms with Crippen molar-refractivity contribution in [3.05, 3.63) is 74.1 Å². The van der Waals surface area contributed by atoms with E-state index in [1.165, 1.54) is 0 Å². The molecule has 4 rings (SSSR count). The highest BCUT2D eigenvalue weighted by molar-refractivity contribution is 9.11. The van der Waals surface area contributed by atoms with Gasteiger partial charge in [-0.05, 0) is 67.6 Å². The number of aliphatic hydroxyl groups is 1. The minimum Gasteiger partial charge on any atom is -0.389 e. The van der Waals surface area contributed by atoms with Crippen LogP contribution in [0.1, 0.15) is 13.1 Å². The Labute approximate surface area is 182 Å². The first-order valence-electron chi connectivity index (χ1n) is 8.53. The molecule has 1 heterocycles. The van der Waals surface area contributed by atoms with E-state index < -0.39 is 6.10 Å². The van der Waals surface area contributed by atoms with Crippen molar-refractivity contribution >= 4 is 75.3 Å². The third-order valence-electron chi connectivity index (χ3n) is 4.62. The van der Waals surface area contributed by atoms with E-state index in [0.717, 1.165) is 40.9 Å². The number of aliphatic hydroxyl groups excluding tert-OH is 1. The number of benzene rings is 3. The Kier molecular flexibility index (Phi) is 5.34. The summed E-state index contributed by atoms with van der Waals surface area (Å²) in [5, 5.41) is 16.4. The third-order valence-corrected chi connectivity index (χ3v) is 6.14. The highest BCUT2D eigenvalue weighted by Crippen LogP contribution is 2.36. The fourth-order valence-corrected chi connectivity index (χ4v) is 4.40. The first-order valence-corrected chi connectivity index (χ1v) is 10.9. The van der Waals surface area contributed by atoms with Crippen molar-refractivity contribution in [2.45, 2.75) is 19.2 Å². The average Bonchev–Trinajstić information content (AvgIpc) is 2.94. The van der Waals surface area contributed by atoms with Crippen molar-refractivity contribution in [1.29, 1.82) is 0 Å². The van der Waals surface area contributed by atoms with Crippen molar-refractivity contribution in [2.75, 3.05) is 5.32 Å². The number of anilines is 1. The van der Waals surface area contributed by atoms with Crippen molar-refractivity contribution in [1.82, 2.24) is 4.57 Å². The molecule has 2 N–H and O–H groups in total. The highest BCUT2D eigenvalue weighted by atomic mass is 79.9. The van der Waals surface area contributed by atoms with E-state index in [1.807, 2.05) is 43.3 Å². The van der Waals surface area contributed by atoms with Gasteiger partial charge in [0.05, 0.1) is 17.1 Å². The molecule has 3 aromatic carbocycles. The topological polar surface area (TPSA) is 37.2 Å². The number of rotatable bonds is 4. The standard InChI is InChI=1S/C21H17Br3N2O/c1-12(27)21(25-16-6-2-13(22)3-7-16)26-19-8-4-14(23)10-17(19)18-11-15(24)5-9-20(18)26/h2-12,21,25,27H,1H3. The summed E-state index contributed by atoms with van der Waals surface area (Å²) in [7, 11) is 0. The van der Waals surface area contributed by atoms with E-state index in [-0.39, 0.29) is 6.17 Å². The molecule has 0 spiro atoms. The Morgan fingerprint density at radius 3 is 1.74 bits per heavy atom. The SMILES string of the molecule is CC(O)C(Nc1ccc(Br)cc1)n1c2ccc(Br)cc2c2cc(Br)ccc21. The van der Waals surface area contributed by atoms with Gasteiger partial charge < -0.3 is 15.0 Å². The lowest BCUT2D eigenvalue weighted by atomic mass is 10.2. The van der Waals surface area contributed by atoms with Crippen LogP contribution in [-0.2, 0) is 0 Å². The van der Waals surface area contributed by atoms with Crippen LogP contribution >= 0.6 is 47.8 Å². The van der Waals surface area contributed by atoms with Crippen LogP contribution in [0.15, 0.2) is 74.1 Å². The van der Waals surface area contributed by atoms with Crippen molar-refractivity contribution in [3.8, 4) is 0 Å². The lowest BCUT2D eigenvalue weighted by Crippen LogP contribution is -2.28. The molecule has 27 heavy (non-hydrogen) atoms. The van der Waals surface area contributed by atoms with E-state index >= 15 is 0 Å². The predicted molar refractivity (Wildman–Crippen MR) is 123 cm³/mol. The highest BCUT2D eigenvalue weighted by Gasteiger charge is 2.22. The molecule has 0 amide bonds. The molecule has 0 saturated carbocycles. The molecule has 138 valence electrons. The Morgan fingerprint density at radius 2 is 1.26 bits per heavy atom. The summed E-state index contributed by atoms with van der Waals surface area (Å²) in [6.45, 7) is 1.81. The number of fused-ring (bicyclic) bond motifs is 3. The zero-order valence-electron chi connectivity index (χ0n) is 14.5. The lowest BCUT2D eigenvalue weighted by molar-refractivity contribution is 0.147. The average molecular weight is 553 g/mol. The molecular weight excluding hydrogens is 536 g/mol. The largest absolute Gasteiger partial charge is 0.389 e. The van der Waals surface area contributed by atoms with Crippen LogP contribution in [0.2, 0.25) is 0 Å². The number of nitrogens with zero attached hydrogens (tertiary/aromatic N) is 1. The van der Waals surface area contributed by atoms with Gasteiger partial charge in [0.1, 0.15) is 6.17 Å². The molecule has 0 bridgehead atoms. The van der Waals surface area contributed by atoms with Gasteiger partial charge in [-0.25, -0.2) is 0 Å². The van der Waals surface area contributed by atoms with E-state index in [0.29, 0.717) is 0 Å². The molecule has 0 radical (unpaired) electrons. The zero-order valence-corrected chi connectivity index (χ0v) is 19.2. The Morgan fingerprint density at radius 1 is 0.778 bits per heavy atom. The molecule has 6 heteroatoms. The Bertz CT molecular complexity index is 1060. The monoisotopic (exact) mass is 550 g/mol. The molecule has 0 saturated heterocycles. The second-order valence-corrected chi connectivity index (χ2v) is 9.28. The minimum absolute atomic E-state index is 0.312. The molecule has 0 aliphatic carbocycles. The van der Waals surface area contributed by atoms with Gasteiger partial charge in [0.25, 0.3) is 0 Å². The Balaban J connectivity index is 1.94. The number of hydrogen-bond donors (Lipinski definition) is 2. The van der Waals surface area contributed by atoms with Crippen molar-refractivity contribution in [2.24, 2.45) is 0 Å². The fraction of sp³-hybridized carbons (Fsp3) is 0.143. The van der Waals surface area contributed by atoms with Crippen LogP contribution in [0.5, 0.6) is 0 Å². The van der Waals surface area contributed by atoms with E-state index in [1.54, 1.807) is 0 Å². The van der Waals surface area contributed by atoms with Crippen LogP contribution in [-0.4, -0.2) is 15.8 Å². The first-order chi connectivity index (χ1) is 12.9. The van der Waals surface area contributed by atoms with Gasteiger partial charge in [0, 0.05) is 29.9 Å². The predicted octanol–water partition coefficient (Wildman–Crippen LogP) is 7.07. The van der Waals surface area contributed by atoms with Gasteiger partial charge >= 0.3 is 0 Å². The molecule has 2 unspecified atom stereocenters. The van der Waals surface area contributed by atoms with E-state index in [9.17, 15) is 5.11 Å². The summed E-state index contributed by atoms with van der Waals surface area (Å²) >= 11 is 10.6. The van der Waals surface area contributed by atoms with Crippen molar-refractivity contribution < 1.29 is 5.11 Å². The number of aromatic nitrogens is 1. The van der Waals surface area contributed by atoms with Crippen molar-refractivity contribution in [3.63, 3.8) is 0 Å². The lowest BCUT2D eigenvalue weighted by Gasteiger charge is -2.26. The zero-order chi connectivity index (χ0) is 19.1. The van der Waals surface area contributed by atoms with Crippen LogP contribution < -0.4 is 5.32 Å². The van der Waals surface area contributed by atoms with Crippen LogP contribution in [0.25, 0.3) is 21.8 Å². The second-order valence-electron chi connectivity index (χ2n) is 6.53. The summed E-state index contributed by atoms with van der Waals surface area (Å²) < 4.78 is 5.26. The summed E-state index contributed by atoms with van der Waals surface area (Å²) in [6.07, 6.45) is -0.909. The van der Waals surface area contributed by atoms with Gasteiger partial charge in [-0.2, -0.15) is 0 Å². The fourth-order valence-electron chi connectivity index (χ4n) is 3.42. The number of hydrogen-bond acceptors (Lipinski definition) is 2. The van der Waals surface area contributed by atoms with Crippen LogP contribution in [0.3, 0.4) is 0 Å². The van der Waals surface area contributed by atoms with Gasteiger partial charge in [0.15, 0.2) is 0 Å². The smallest absolute Gasteiger partial charge is 0.130 e. The molecular formula is C21H17Br3N2O. The summed E-state index contributed by atoms with van der Waals surface area (Å²) in [4.78, 5) is 0. The summed E-state index contributed by atoms with van der Waals surface area (Å²) in [5.41, 5.74) is 3.09. The maximum atomic E-state index is 10.6. The number of nitrogens with one attached hydrogen (secondary N) is 1. The Hall–Kier alpha value is -1.34. The summed E-state index contributed by atoms with van der Waals surface area (Å²) in [6, 6.07) is 20.5. The maximum Gasteiger partial charge on any atom is 0.130 e. The second kappa shape index (κ2) is 7.59. The minimum atomic E-state index is -0.597. The first kappa shape index (κ1) is 19.0. The molecule has 0 fully saturated rings. The molecule has 0 aliphatic rings. The van der Waals surface area contributed by atoms with Gasteiger partial charge in [-0.15, -0.1) is 0 Å². The molecule has 2 atom stereocenters. The van der Waals surface area contributed by atoms with E-state index in [2.05, 4.69) is 81.9 Å². The molecule has 0 aliphatic heterocycles. The third kappa shape index (κ3) is 3.68. The maximum absolute atomic E-state index is 10.6. The quantitative estimate of drug-likeness (QED) is 0.284. The molecule has 4 aromatic rings. The molecule has 3 nitrogen and oxygen atoms in total. The normalized spacial score (nSPS) is 13.8. The molecule has 1 aromatic heterocycles. The van der Waals surface area contributed by atoms with Gasteiger partial charge in [-0.1, -0.05) is 47.8 Å². The van der Waals surface area contributed by atoms with Gasteiger partial charge in [0.2, 0.25) is 0 Å². The number of halogens is 3. The van der Waals surface area contributed by atoms with Gasteiger partial charge in [-0.3, -0.25) is 0 Å². The van der Waals surface area contributed by atoms with E-state index in [4.69, 9.17) is 0 Å². The van der Waals surface area contributed by atoms with Crippen LogP contribution in [0.4, 0.5) is 5.69 Å².